The second kappa shape index (κ2) is 5.11. The Hall–Kier alpha value is -0.710. The number of hydrogen-bond donors (Lipinski definition) is 1. The molecule has 0 bridgehead atoms. The molecule has 94 valence electrons. The first-order valence-electron chi connectivity index (χ1n) is 6.18. The number of benzene rings is 1. The van der Waals surface area contributed by atoms with Gasteiger partial charge in [0.05, 0.1) is 5.69 Å². The van der Waals surface area contributed by atoms with Crippen molar-refractivity contribution in [3.8, 4) is 10.6 Å². The highest BCUT2D eigenvalue weighted by Gasteiger charge is 2.21. The monoisotopic (exact) mass is 322 g/mol. The first-order valence-corrected chi connectivity index (χ1v) is 7.79. The van der Waals surface area contributed by atoms with E-state index in [2.05, 4.69) is 57.4 Å². The SMILES string of the molecule is Cc1nc(-c2ccc(Br)cc2)sc1CNC1CC1. The lowest BCUT2D eigenvalue weighted by Gasteiger charge is -1.99. The van der Waals surface area contributed by atoms with Gasteiger partial charge in [-0.1, -0.05) is 28.1 Å². The van der Waals surface area contributed by atoms with Gasteiger partial charge in [0.15, 0.2) is 0 Å². The number of nitrogens with zero attached hydrogens (tertiary/aromatic N) is 1. The van der Waals surface area contributed by atoms with E-state index in [0.717, 1.165) is 27.8 Å². The average molecular weight is 323 g/mol. The third-order valence-corrected chi connectivity index (χ3v) is 4.85. The van der Waals surface area contributed by atoms with Crippen LogP contribution in [0.2, 0.25) is 0 Å². The van der Waals surface area contributed by atoms with E-state index in [1.807, 2.05) is 0 Å². The molecule has 0 unspecified atom stereocenters. The molecule has 1 aromatic heterocycles. The van der Waals surface area contributed by atoms with Crippen LogP contribution in [0.25, 0.3) is 10.6 Å². The van der Waals surface area contributed by atoms with Crippen molar-refractivity contribution in [2.75, 3.05) is 0 Å². The topological polar surface area (TPSA) is 24.9 Å². The lowest BCUT2D eigenvalue weighted by molar-refractivity contribution is 0.691. The summed E-state index contributed by atoms with van der Waals surface area (Å²) in [6.07, 6.45) is 2.66. The van der Waals surface area contributed by atoms with Crippen molar-refractivity contribution in [1.29, 1.82) is 0 Å². The molecule has 0 atom stereocenters. The minimum atomic E-state index is 0.752. The van der Waals surface area contributed by atoms with Crippen LogP contribution in [-0.2, 0) is 6.54 Å². The summed E-state index contributed by atoms with van der Waals surface area (Å²) in [5, 5.41) is 4.67. The smallest absolute Gasteiger partial charge is 0.123 e. The van der Waals surface area contributed by atoms with Gasteiger partial charge in [-0.05, 0) is 31.9 Å². The fourth-order valence-electron chi connectivity index (χ4n) is 1.83. The summed E-state index contributed by atoms with van der Waals surface area (Å²) in [6.45, 7) is 3.06. The third-order valence-electron chi connectivity index (χ3n) is 3.11. The molecule has 1 aliphatic carbocycles. The second-order valence-electron chi connectivity index (χ2n) is 4.69. The molecule has 1 aliphatic rings. The maximum atomic E-state index is 4.67. The standard InChI is InChI=1S/C14H15BrN2S/c1-9-13(8-16-12-6-7-12)18-14(17-9)10-2-4-11(15)5-3-10/h2-5,12,16H,6-8H2,1H3. The molecule has 2 nitrogen and oxygen atoms in total. The van der Waals surface area contributed by atoms with Gasteiger partial charge in [-0.25, -0.2) is 4.98 Å². The molecule has 1 fully saturated rings. The highest BCUT2D eigenvalue weighted by Crippen LogP contribution is 2.29. The van der Waals surface area contributed by atoms with Gasteiger partial charge in [0.25, 0.3) is 0 Å². The zero-order valence-corrected chi connectivity index (χ0v) is 12.6. The maximum Gasteiger partial charge on any atom is 0.123 e. The number of halogens is 1. The first-order chi connectivity index (χ1) is 8.72. The van der Waals surface area contributed by atoms with Crippen molar-refractivity contribution >= 4 is 27.3 Å². The summed E-state index contributed by atoms with van der Waals surface area (Å²) < 4.78 is 1.11. The molecule has 1 heterocycles. The number of hydrogen-bond acceptors (Lipinski definition) is 3. The largest absolute Gasteiger partial charge is 0.309 e. The Kier molecular flexibility index (Phi) is 3.50. The molecule has 0 spiro atoms. The molecule has 4 heteroatoms. The fraction of sp³-hybridized carbons (Fsp3) is 0.357. The lowest BCUT2D eigenvalue weighted by Crippen LogP contribution is -2.14. The van der Waals surface area contributed by atoms with Crippen LogP contribution in [0.15, 0.2) is 28.7 Å². The van der Waals surface area contributed by atoms with Gasteiger partial charge >= 0.3 is 0 Å². The Bertz CT molecular complexity index is 543. The van der Waals surface area contributed by atoms with Gasteiger partial charge < -0.3 is 5.32 Å². The predicted octanol–water partition coefficient (Wildman–Crippen LogP) is 4.13. The minimum absolute atomic E-state index is 0.752. The quantitative estimate of drug-likeness (QED) is 0.915. The molecule has 0 aliphatic heterocycles. The zero-order chi connectivity index (χ0) is 12.5. The van der Waals surface area contributed by atoms with E-state index in [0.29, 0.717) is 0 Å². The van der Waals surface area contributed by atoms with E-state index in [4.69, 9.17) is 0 Å². The Morgan fingerprint density at radius 1 is 1.33 bits per heavy atom. The first kappa shape index (κ1) is 12.3. The molecule has 1 N–H and O–H groups in total. The van der Waals surface area contributed by atoms with Crippen molar-refractivity contribution in [3.63, 3.8) is 0 Å². The van der Waals surface area contributed by atoms with E-state index in [1.54, 1.807) is 11.3 Å². The van der Waals surface area contributed by atoms with Crippen molar-refractivity contribution in [2.45, 2.75) is 32.4 Å². The lowest BCUT2D eigenvalue weighted by atomic mass is 10.2. The minimum Gasteiger partial charge on any atom is -0.309 e. The van der Waals surface area contributed by atoms with Crippen molar-refractivity contribution in [1.82, 2.24) is 10.3 Å². The van der Waals surface area contributed by atoms with E-state index in [9.17, 15) is 0 Å². The Labute approximate surface area is 120 Å². The predicted molar refractivity (Wildman–Crippen MR) is 79.8 cm³/mol. The molecule has 1 saturated carbocycles. The molecule has 2 aromatic rings. The Morgan fingerprint density at radius 2 is 2.06 bits per heavy atom. The van der Waals surface area contributed by atoms with Gasteiger partial charge in [-0.3, -0.25) is 0 Å². The van der Waals surface area contributed by atoms with Gasteiger partial charge in [0.2, 0.25) is 0 Å². The zero-order valence-electron chi connectivity index (χ0n) is 10.2. The van der Waals surface area contributed by atoms with Crippen molar-refractivity contribution in [3.05, 3.63) is 39.3 Å². The number of aromatic nitrogens is 1. The van der Waals surface area contributed by atoms with Crippen LogP contribution in [0, 0.1) is 6.92 Å². The van der Waals surface area contributed by atoms with Crippen molar-refractivity contribution in [2.24, 2.45) is 0 Å². The van der Waals surface area contributed by atoms with Crippen molar-refractivity contribution < 1.29 is 0 Å². The van der Waals surface area contributed by atoms with Crippen LogP contribution in [0.1, 0.15) is 23.4 Å². The van der Waals surface area contributed by atoms with Gasteiger partial charge in [0.1, 0.15) is 5.01 Å². The average Bonchev–Trinajstić information content (AvgIpc) is 3.12. The highest BCUT2D eigenvalue weighted by molar-refractivity contribution is 9.10. The second-order valence-corrected chi connectivity index (χ2v) is 6.69. The molecular formula is C14H15BrN2S. The number of nitrogens with one attached hydrogen (secondary N) is 1. The highest BCUT2D eigenvalue weighted by atomic mass is 79.9. The van der Waals surface area contributed by atoms with Crippen LogP contribution in [0.3, 0.4) is 0 Å². The fourth-order valence-corrected chi connectivity index (χ4v) is 3.12. The summed E-state index contributed by atoms with van der Waals surface area (Å²) in [7, 11) is 0. The van der Waals surface area contributed by atoms with E-state index in [1.165, 1.54) is 23.3 Å². The van der Waals surface area contributed by atoms with Crippen LogP contribution in [-0.4, -0.2) is 11.0 Å². The van der Waals surface area contributed by atoms with E-state index < -0.39 is 0 Å². The number of aryl methyl sites for hydroxylation is 1. The van der Waals surface area contributed by atoms with Gasteiger partial charge in [-0.2, -0.15) is 0 Å². The summed E-state index contributed by atoms with van der Waals surface area (Å²) >= 11 is 5.26. The summed E-state index contributed by atoms with van der Waals surface area (Å²) in [5.74, 6) is 0. The summed E-state index contributed by atoms with van der Waals surface area (Å²) in [6, 6.07) is 9.10. The van der Waals surface area contributed by atoms with Crippen LogP contribution < -0.4 is 5.32 Å². The van der Waals surface area contributed by atoms with Crippen LogP contribution in [0.5, 0.6) is 0 Å². The maximum absolute atomic E-state index is 4.67. The van der Waals surface area contributed by atoms with Gasteiger partial charge in [0, 0.05) is 27.5 Å². The molecular weight excluding hydrogens is 308 g/mol. The Balaban J connectivity index is 1.79. The molecule has 18 heavy (non-hydrogen) atoms. The number of thiazole rings is 1. The summed E-state index contributed by atoms with van der Waals surface area (Å²) in [5.41, 5.74) is 2.36. The van der Waals surface area contributed by atoms with E-state index in [-0.39, 0.29) is 0 Å². The molecule has 1 aromatic carbocycles. The molecule has 0 radical (unpaired) electrons. The van der Waals surface area contributed by atoms with Gasteiger partial charge in [-0.15, -0.1) is 11.3 Å². The molecule has 0 saturated heterocycles. The molecule has 3 rings (SSSR count). The Morgan fingerprint density at radius 3 is 2.72 bits per heavy atom. The number of rotatable bonds is 4. The normalized spacial score (nSPS) is 15.0. The van der Waals surface area contributed by atoms with Crippen LogP contribution >= 0.6 is 27.3 Å². The van der Waals surface area contributed by atoms with Crippen LogP contribution in [0.4, 0.5) is 0 Å². The molecule has 0 amide bonds. The van der Waals surface area contributed by atoms with E-state index >= 15 is 0 Å². The summed E-state index contributed by atoms with van der Waals surface area (Å²) in [4.78, 5) is 6.03. The third kappa shape index (κ3) is 2.82.